The highest BCUT2D eigenvalue weighted by molar-refractivity contribution is 9.10. The summed E-state index contributed by atoms with van der Waals surface area (Å²) in [6, 6.07) is 13.6. The first-order valence-electron chi connectivity index (χ1n) is 5.33. The predicted octanol–water partition coefficient (Wildman–Crippen LogP) is 4.56. The zero-order valence-electron chi connectivity index (χ0n) is 9.40. The Morgan fingerprint density at radius 3 is 2.44 bits per heavy atom. The maximum atomic E-state index is 13.4. The number of ketones is 1. The van der Waals surface area contributed by atoms with Crippen molar-refractivity contribution >= 4 is 33.5 Å². The Balaban J connectivity index is 2.01. The van der Waals surface area contributed by atoms with E-state index in [9.17, 15) is 9.18 Å². The van der Waals surface area contributed by atoms with Crippen LogP contribution in [0.3, 0.4) is 0 Å². The highest BCUT2D eigenvalue weighted by Crippen LogP contribution is 2.22. The molecule has 0 spiro atoms. The van der Waals surface area contributed by atoms with Gasteiger partial charge in [-0.05, 0) is 24.3 Å². The smallest absolute Gasteiger partial charge is 0.173 e. The summed E-state index contributed by atoms with van der Waals surface area (Å²) in [5, 5.41) is 0. The van der Waals surface area contributed by atoms with Crippen LogP contribution in [0.4, 0.5) is 4.39 Å². The highest BCUT2D eigenvalue weighted by atomic mass is 79.9. The number of carbonyl (C=O) groups excluding carboxylic acids is 1. The Kier molecular flexibility index (Phi) is 4.55. The number of rotatable bonds is 4. The summed E-state index contributed by atoms with van der Waals surface area (Å²) >= 11 is 4.53. The lowest BCUT2D eigenvalue weighted by Gasteiger charge is -2.03. The number of thioether (sulfide) groups is 1. The third-order valence-corrected chi connectivity index (χ3v) is 3.94. The molecule has 1 nitrogen and oxygen atoms in total. The van der Waals surface area contributed by atoms with Gasteiger partial charge in [0.25, 0.3) is 0 Å². The first-order chi connectivity index (χ1) is 8.66. The standard InChI is InChI=1S/C14H10BrFOS/c15-11-7-5-10(6-8-11)13(17)9-18-14-4-2-1-3-12(14)16/h1-8H,9H2. The summed E-state index contributed by atoms with van der Waals surface area (Å²) in [6.07, 6.45) is 0. The number of benzene rings is 2. The first kappa shape index (κ1) is 13.3. The average Bonchev–Trinajstić information content (AvgIpc) is 2.38. The summed E-state index contributed by atoms with van der Waals surface area (Å²) in [5.74, 6) is -0.0513. The van der Waals surface area contributed by atoms with Crippen LogP contribution in [0.5, 0.6) is 0 Å². The van der Waals surface area contributed by atoms with E-state index in [1.54, 1.807) is 30.3 Å². The lowest BCUT2D eigenvalue weighted by atomic mass is 10.2. The molecule has 0 aliphatic rings. The van der Waals surface area contributed by atoms with Crippen LogP contribution in [0.15, 0.2) is 57.9 Å². The van der Waals surface area contributed by atoms with Crippen LogP contribution in [-0.2, 0) is 0 Å². The van der Waals surface area contributed by atoms with Gasteiger partial charge < -0.3 is 0 Å². The molecule has 4 heteroatoms. The lowest BCUT2D eigenvalue weighted by molar-refractivity contribution is 0.102. The minimum absolute atomic E-state index is 0.00393. The first-order valence-corrected chi connectivity index (χ1v) is 7.11. The fraction of sp³-hybridized carbons (Fsp3) is 0.0714. The monoisotopic (exact) mass is 324 g/mol. The van der Waals surface area contributed by atoms with Gasteiger partial charge in [-0.1, -0.05) is 40.2 Å². The third-order valence-electron chi connectivity index (χ3n) is 2.36. The summed E-state index contributed by atoms with van der Waals surface area (Å²) in [4.78, 5) is 12.4. The molecule has 0 heterocycles. The molecular weight excluding hydrogens is 315 g/mol. The molecule has 0 amide bonds. The molecule has 2 aromatic carbocycles. The van der Waals surface area contributed by atoms with Crippen LogP contribution >= 0.6 is 27.7 Å². The Morgan fingerprint density at radius 2 is 1.78 bits per heavy atom. The summed E-state index contributed by atoms with van der Waals surface area (Å²) in [7, 11) is 0. The van der Waals surface area contributed by atoms with Gasteiger partial charge in [-0.3, -0.25) is 4.79 Å². The van der Waals surface area contributed by atoms with Crippen LogP contribution in [0.25, 0.3) is 0 Å². The van der Waals surface area contributed by atoms with Crippen molar-refractivity contribution in [3.63, 3.8) is 0 Å². The summed E-state index contributed by atoms with van der Waals surface area (Å²) in [5.41, 5.74) is 0.641. The number of hydrogen-bond acceptors (Lipinski definition) is 2. The Bertz CT molecular complexity index is 554. The fourth-order valence-electron chi connectivity index (χ4n) is 1.42. The van der Waals surface area contributed by atoms with Gasteiger partial charge in [0.05, 0.1) is 5.75 Å². The Labute approximate surface area is 118 Å². The van der Waals surface area contributed by atoms with Gasteiger partial charge in [0.15, 0.2) is 5.78 Å². The maximum absolute atomic E-state index is 13.4. The van der Waals surface area contributed by atoms with Crippen molar-refractivity contribution in [3.05, 3.63) is 64.4 Å². The molecule has 0 unspecified atom stereocenters. The molecule has 92 valence electrons. The third kappa shape index (κ3) is 3.43. The summed E-state index contributed by atoms with van der Waals surface area (Å²) < 4.78 is 14.3. The molecule has 0 saturated heterocycles. The molecule has 18 heavy (non-hydrogen) atoms. The van der Waals surface area contributed by atoms with Gasteiger partial charge in [0, 0.05) is 14.9 Å². The van der Waals surface area contributed by atoms with E-state index in [2.05, 4.69) is 15.9 Å². The SMILES string of the molecule is O=C(CSc1ccccc1F)c1ccc(Br)cc1. The second-order valence-electron chi connectivity index (χ2n) is 3.65. The van der Waals surface area contributed by atoms with Gasteiger partial charge in [-0.25, -0.2) is 4.39 Å². The van der Waals surface area contributed by atoms with E-state index in [4.69, 9.17) is 0 Å². The quantitative estimate of drug-likeness (QED) is 0.605. The van der Waals surface area contributed by atoms with Crippen LogP contribution < -0.4 is 0 Å². The molecule has 2 rings (SSSR count). The topological polar surface area (TPSA) is 17.1 Å². The molecule has 0 aromatic heterocycles. The van der Waals surface area contributed by atoms with Gasteiger partial charge in [-0.15, -0.1) is 11.8 Å². The molecule has 0 radical (unpaired) electrons. The molecular formula is C14H10BrFOS. The average molecular weight is 325 g/mol. The second kappa shape index (κ2) is 6.16. The zero-order chi connectivity index (χ0) is 13.0. The van der Waals surface area contributed by atoms with Crippen LogP contribution in [0, 0.1) is 5.82 Å². The van der Waals surface area contributed by atoms with E-state index in [1.165, 1.54) is 17.8 Å². The molecule has 0 fully saturated rings. The van der Waals surface area contributed by atoms with Crippen molar-refractivity contribution in [1.29, 1.82) is 0 Å². The molecule has 0 N–H and O–H groups in total. The van der Waals surface area contributed by atoms with Crippen molar-refractivity contribution < 1.29 is 9.18 Å². The van der Waals surface area contributed by atoms with Gasteiger partial charge >= 0.3 is 0 Å². The molecule has 0 aliphatic heterocycles. The molecule has 0 bridgehead atoms. The van der Waals surface area contributed by atoms with Crippen LogP contribution in [0.2, 0.25) is 0 Å². The Morgan fingerprint density at radius 1 is 1.11 bits per heavy atom. The van der Waals surface area contributed by atoms with E-state index in [0.29, 0.717) is 10.5 Å². The molecule has 2 aromatic rings. The highest BCUT2D eigenvalue weighted by Gasteiger charge is 2.08. The van der Waals surface area contributed by atoms with Crippen molar-refractivity contribution in [2.24, 2.45) is 0 Å². The van der Waals surface area contributed by atoms with E-state index in [0.717, 1.165) is 4.47 Å². The van der Waals surface area contributed by atoms with Gasteiger partial charge in [-0.2, -0.15) is 0 Å². The van der Waals surface area contributed by atoms with E-state index in [1.807, 2.05) is 12.1 Å². The lowest BCUT2D eigenvalue weighted by Crippen LogP contribution is -2.02. The van der Waals surface area contributed by atoms with Crippen molar-refractivity contribution in [2.45, 2.75) is 4.90 Å². The molecule has 0 aliphatic carbocycles. The molecule has 0 atom stereocenters. The van der Waals surface area contributed by atoms with Crippen LogP contribution in [-0.4, -0.2) is 11.5 Å². The second-order valence-corrected chi connectivity index (χ2v) is 5.58. The largest absolute Gasteiger partial charge is 0.293 e. The van der Waals surface area contributed by atoms with Gasteiger partial charge in [0.1, 0.15) is 5.82 Å². The number of carbonyl (C=O) groups is 1. The minimum Gasteiger partial charge on any atom is -0.293 e. The van der Waals surface area contributed by atoms with E-state index >= 15 is 0 Å². The van der Waals surface area contributed by atoms with Crippen LogP contribution in [0.1, 0.15) is 10.4 Å². The number of Topliss-reactive ketones (excluding diaryl/α,β-unsaturated/α-hetero) is 1. The van der Waals surface area contributed by atoms with Crippen molar-refractivity contribution in [2.75, 3.05) is 5.75 Å². The van der Waals surface area contributed by atoms with E-state index < -0.39 is 0 Å². The van der Waals surface area contributed by atoms with Gasteiger partial charge in [0.2, 0.25) is 0 Å². The molecule has 0 saturated carbocycles. The van der Waals surface area contributed by atoms with Crippen molar-refractivity contribution in [1.82, 2.24) is 0 Å². The number of halogens is 2. The maximum Gasteiger partial charge on any atom is 0.173 e. The normalized spacial score (nSPS) is 10.3. The van der Waals surface area contributed by atoms with Crippen molar-refractivity contribution in [3.8, 4) is 0 Å². The predicted molar refractivity (Wildman–Crippen MR) is 75.6 cm³/mol. The Hall–Kier alpha value is -1.13. The summed E-state index contributed by atoms with van der Waals surface area (Å²) in [6.45, 7) is 0. The zero-order valence-corrected chi connectivity index (χ0v) is 11.8. The van der Waals surface area contributed by atoms with E-state index in [-0.39, 0.29) is 17.4 Å². The number of hydrogen-bond donors (Lipinski definition) is 0. The minimum atomic E-state index is -0.286. The fourth-order valence-corrected chi connectivity index (χ4v) is 2.52.